The lowest BCUT2D eigenvalue weighted by Gasteiger charge is -2.37. The molecule has 0 amide bonds. The van der Waals surface area contributed by atoms with Gasteiger partial charge in [-0.05, 0) is 43.7 Å². The zero-order valence-electron chi connectivity index (χ0n) is 8.18. The van der Waals surface area contributed by atoms with E-state index in [9.17, 15) is 0 Å². The summed E-state index contributed by atoms with van der Waals surface area (Å²) in [4.78, 5) is 1.52. The van der Waals surface area contributed by atoms with Crippen molar-refractivity contribution in [2.75, 3.05) is 6.54 Å². The van der Waals surface area contributed by atoms with Gasteiger partial charge in [0.05, 0.1) is 5.54 Å². The van der Waals surface area contributed by atoms with Crippen LogP contribution in [0.15, 0.2) is 17.5 Å². The van der Waals surface area contributed by atoms with Crippen molar-refractivity contribution in [1.29, 1.82) is 0 Å². The molecule has 0 saturated carbocycles. The first-order valence-electron chi connectivity index (χ1n) is 5.16. The topological polar surface area (TPSA) is 12.0 Å². The Morgan fingerprint density at radius 1 is 1.54 bits per heavy atom. The predicted molar refractivity (Wildman–Crippen MR) is 58.1 cm³/mol. The fourth-order valence-corrected chi connectivity index (χ4v) is 3.21. The van der Waals surface area contributed by atoms with Gasteiger partial charge in [-0.1, -0.05) is 13.0 Å². The number of piperidine rings is 1. The van der Waals surface area contributed by atoms with Crippen LogP contribution in [0.1, 0.15) is 37.5 Å². The van der Waals surface area contributed by atoms with Crippen molar-refractivity contribution in [2.45, 2.75) is 38.1 Å². The molecule has 0 radical (unpaired) electrons. The van der Waals surface area contributed by atoms with E-state index in [4.69, 9.17) is 0 Å². The van der Waals surface area contributed by atoms with Crippen LogP contribution in [-0.4, -0.2) is 6.54 Å². The Kier molecular flexibility index (Phi) is 2.70. The molecule has 72 valence electrons. The van der Waals surface area contributed by atoms with Crippen LogP contribution in [0.3, 0.4) is 0 Å². The third kappa shape index (κ3) is 1.65. The SMILES string of the molecule is CCC1(c2cccs2)CCCCN1. The second-order valence-corrected chi connectivity index (χ2v) is 4.74. The maximum absolute atomic E-state index is 3.70. The predicted octanol–water partition coefficient (Wildman–Crippen LogP) is 3.13. The van der Waals surface area contributed by atoms with Crippen molar-refractivity contribution in [3.05, 3.63) is 22.4 Å². The molecule has 1 fully saturated rings. The largest absolute Gasteiger partial charge is 0.307 e. The summed E-state index contributed by atoms with van der Waals surface area (Å²) in [5, 5.41) is 5.88. The molecule has 1 aliphatic rings. The lowest BCUT2D eigenvalue weighted by molar-refractivity contribution is 0.253. The van der Waals surface area contributed by atoms with E-state index in [2.05, 4.69) is 29.8 Å². The van der Waals surface area contributed by atoms with Gasteiger partial charge in [-0.2, -0.15) is 0 Å². The molecule has 2 heterocycles. The Hall–Kier alpha value is -0.340. The minimum atomic E-state index is 0.312. The summed E-state index contributed by atoms with van der Waals surface area (Å²) in [6.45, 7) is 3.48. The summed E-state index contributed by atoms with van der Waals surface area (Å²) < 4.78 is 0. The molecule has 2 heteroatoms. The average molecular weight is 195 g/mol. The fourth-order valence-electron chi connectivity index (χ4n) is 2.21. The molecule has 1 aliphatic heterocycles. The molecule has 0 aliphatic carbocycles. The van der Waals surface area contributed by atoms with Gasteiger partial charge in [0.1, 0.15) is 0 Å². The maximum Gasteiger partial charge on any atom is 0.0526 e. The van der Waals surface area contributed by atoms with Gasteiger partial charge >= 0.3 is 0 Å². The Labute approximate surface area is 84.2 Å². The van der Waals surface area contributed by atoms with Gasteiger partial charge in [0.15, 0.2) is 0 Å². The Bertz CT molecular complexity index is 247. The molecule has 1 saturated heterocycles. The Morgan fingerprint density at radius 2 is 2.46 bits per heavy atom. The van der Waals surface area contributed by atoms with Gasteiger partial charge in [0.2, 0.25) is 0 Å². The molecule has 1 aromatic heterocycles. The van der Waals surface area contributed by atoms with Crippen molar-refractivity contribution in [2.24, 2.45) is 0 Å². The molecule has 13 heavy (non-hydrogen) atoms. The Balaban J connectivity index is 2.23. The molecule has 0 bridgehead atoms. The van der Waals surface area contributed by atoms with E-state index in [0.717, 1.165) is 0 Å². The first kappa shape index (κ1) is 9.22. The highest BCUT2D eigenvalue weighted by Gasteiger charge is 2.32. The van der Waals surface area contributed by atoms with Crippen molar-refractivity contribution in [3.63, 3.8) is 0 Å². The highest BCUT2D eigenvalue weighted by atomic mass is 32.1. The second kappa shape index (κ2) is 3.81. The molecular formula is C11H17NS. The van der Waals surface area contributed by atoms with Crippen LogP contribution in [0.5, 0.6) is 0 Å². The van der Waals surface area contributed by atoms with Crippen molar-refractivity contribution >= 4 is 11.3 Å². The second-order valence-electron chi connectivity index (χ2n) is 3.80. The summed E-state index contributed by atoms with van der Waals surface area (Å²) in [5.41, 5.74) is 0.312. The van der Waals surface area contributed by atoms with E-state index in [1.165, 1.54) is 37.1 Å². The molecule has 1 unspecified atom stereocenters. The summed E-state index contributed by atoms with van der Waals surface area (Å²) in [7, 11) is 0. The van der Waals surface area contributed by atoms with Crippen LogP contribution >= 0.6 is 11.3 Å². The van der Waals surface area contributed by atoms with Crippen LogP contribution in [0.2, 0.25) is 0 Å². The Morgan fingerprint density at radius 3 is 3.00 bits per heavy atom. The first-order valence-corrected chi connectivity index (χ1v) is 6.04. The van der Waals surface area contributed by atoms with Crippen LogP contribution in [0, 0.1) is 0 Å². The van der Waals surface area contributed by atoms with Gasteiger partial charge in [-0.15, -0.1) is 11.3 Å². The van der Waals surface area contributed by atoms with Gasteiger partial charge in [0.25, 0.3) is 0 Å². The van der Waals surface area contributed by atoms with Crippen LogP contribution in [-0.2, 0) is 5.54 Å². The zero-order chi connectivity index (χ0) is 9.15. The molecule has 1 atom stereocenters. The van der Waals surface area contributed by atoms with Gasteiger partial charge in [0, 0.05) is 4.88 Å². The average Bonchev–Trinajstić information content (AvgIpc) is 2.72. The fraction of sp³-hybridized carbons (Fsp3) is 0.636. The number of nitrogens with one attached hydrogen (secondary N) is 1. The highest BCUT2D eigenvalue weighted by Crippen LogP contribution is 2.35. The molecule has 1 aromatic rings. The van der Waals surface area contributed by atoms with Gasteiger partial charge < -0.3 is 5.32 Å². The molecule has 1 nitrogen and oxygen atoms in total. The third-order valence-electron chi connectivity index (χ3n) is 3.09. The first-order chi connectivity index (χ1) is 6.37. The number of hydrogen-bond donors (Lipinski definition) is 1. The normalized spacial score (nSPS) is 29.0. The van der Waals surface area contributed by atoms with E-state index in [1.54, 1.807) is 0 Å². The monoisotopic (exact) mass is 195 g/mol. The van der Waals surface area contributed by atoms with E-state index >= 15 is 0 Å². The molecule has 0 aromatic carbocycles. The lowest BCUT2D eigenvalue weighted by Crippen LogP contribution is -2.44. The van der Waals surface area contributed by atoms with Gasteiger partial charge in [-0.3, -0.25) is 0 Å². The molecule has 1 N–H and O–H groups in total. The quantitative estimate of drug-likeness (QED) is 0.764. The third-order valence-corrected chi connectivity index (χ3v) is 4.16. The van der Waals surface area contributed by atoms with Crippen molar-refractivity contribution in [3.8, 4) is 0 Å². The summed E-state index contributed by atoms with van der Waals surface area (Å²) in [6, 6.07) is 4.43. The van der Waals surface area contributed by atoms with Crippen LogP contribution in [0.25, 0.3) is 0 Å². The summed E-state index contributed by atoms with van der Waals surface area (Å²) >= 11 is 1.89. The highest BCUT2D eigenvalue weighted by molar-refractivity contribution is 7.10. The summed E-state index contributed by atoms with van der Waals surface area (Å²) in [5.74, 6) is 0. The van der Waals surface area contributed by atoms with E-state index in [0.29, 0.717) is 5.54 Å². The van der Waals surface area contributed by atoms with Crippen LogP contribution in [0.4, 0.5) is 0 Å². The van der Waals surface area contributed by atoms with Crippen LogP contribution < -0.4 is 5.32 Å². The van der Waals surface area contributed by atoms with E-state index in [1.807, 2.05) is 11.3 Å². The van der Waals surface area contributed by atoms with E-state index in [-0.39, 0.29) is 0 Å². The number of hydrogen-bond acceptors (Lipinski definition) is 2. The molecular weight excluding hydrogens is 178 g/mol. The maximum atomic E-state index is 3.70. The molecule has 0 spiro atoms. The number of thiophene rings is 1. The lowest BCUT2D eigenvalue weighted by atomic mass is 9.85. The molecule has 2 rings (SSSR count). The van der Waals surface area contributed by atoms with Crippen molar-refractivity contribution in [1.82, 2.24) is 5.32 Å². The number of rotatable bonds is 2. The van der Waals surface area contributed by atoms with Crippen molar-refractivity contribution < 1.29 is 0 Å². The zero-order valence-corrected chi connectivity index (χ0v) is 8.99. The smallest absolute Gasteiger partial charge is 0.0526 e. The van der Waals surface area contributed by atoms with Gasteiger partial charge in [-0.25, -0.2) is 0 Å². The standard InChI is InChI=1S/C11H17NS/c1-2-11(7-3-4-8-12-11)10-6-5-9-13-10/h5-6,9,12H,2-4,7-8H2,1H3. The minimum Gasteiger partial charge on any atom is -0.307 e. The minimum absolute atomic E-state index is 0.312. The summed E-state index contributed by atoms with van der Waals surface area (Å²) in [6.07, 6.45) is 5.24. The van der Waals surface area contributed by atoms with E-state index < -0.39 is 0 Å².